The number of carbonyl (C=O) groups excluding carboxylic acids is 4. The third-order valence-corrected chi connectivity index (χ3v) is 13.8. The molecule has 0 spiro atoms. The first-order valence-corrected chi connectivity index (χ1v) is 22.4. The van der Waals surface area contributed by atoms with Crippen molar-refractivity contribution in [1.82, 2.24) is 29.0 Å². The SMILES string of the molecule is Cn1c(=O)n(C2CCC(=O)NC2=O)c2ccc(C3CCN(CC(=O)N4CCC(Oc5ccc6cc(OCc7ccccc7)c(N7CC(=O)NS7(=O)=O)c(F)c6c5)CC4)CC3(F)F)cc21. The number of alkyl halides is 2. The molecule has 16 nitrogen and oxygen atoms in total. The Bertz CT molecular complexity index is 2880. The van der Waals surface area contributed by atoms with Crippen molar-refractivity contribution in [2.24, 2.45) is 7.05 Å². The van der Waals surface area contributed by atoms with Gasteiger partial charge in [-0.15, -0.1) is 0 Å². The molecular formula is C44H44F3N7O9S. The minimum absolute atomic E-state index is 0.0113. The average Bonchev–Trinajstić information content (AvgIpc) is 3.67. The van der Waals surface area contributed by atoms with E-state index in [4.69, 9.17) is 9.47 Å². The number of nitrogens with zero attached hydrogens (tertiary/aromatic N) is 5. The maximum Gasteiger partial charge on any atom is 0.329 e. The third kappa shape index (κ3) is 8.15. The minimum Gasteiger partial charge on any atom is -0.490 e. The molecule has 9 rings (SSSR count). The summed E-state index contributed by atoms with van der Waals surface area (Å²) in [7, 11) is -2.88. The maximum absolute atomic E-state index is 16.5. The number of ether oxygens (including phenoxy) is 2. The van der Waals surface area contributed by atoms with Gasteiger partial charge in [0.05, 0.1) is 30.0 Å². The minimum atomic E-state index is -4.39. The molecule has 2 unspecified atom stereocenters. The topological polar surface area (TPSA) is 182 Å². The Morgan fingerprint density at radius 3 is 2.36 bits per heavy atom. The molecule has 20 heteroatoms. The van der Waals surface area contributed by atoms with E-state index >= 15 is 13.2 Å². The van der Waals surface area contributed by atoms with Gasteiger partial charge < -0.3 is 14.4 Å². The van der Waals surface area contributed by atoms with Crippen molar-refractivity contribution in [2.75, 3.05) is 43.6 Å². The van der Waals surface area contributed by atoms with Gasteiger partial charge in [0.25, 0.3) is 11.8 Å². The number of hydrogen-bond acceptors (Lipinski definition) is 10. The summed E-state index contributed by atoms with van der Waals surface area (Å²) in [4.78, 5) is 66.1. The zero-order valence-electron chi connectivity index (χ0n) is 34.6. The number of hydrogen-bond donors (Lipinski definition) is 2. The van der Waals surface area contributed by atoms with E-state index in [1.807, 2.05) is 10.8 Å². The Kier molecular flexibility index (Phi) is 11.1. The van der Waals surface area contributed by atoms with Gasteiger partial charge in [-0.25, -0.2) is 27.0 Å². The first kappa shape index (κ1) is 42.9. The van der Waals surface area contributed by atoms with Gasteiger partial charge in [0.1, 0.15) is 42.5 Å². The van der Waals surface area contributed by atoms with Crippen molar-refractivity contribution >= 4 is 61.3 Å². The van der Waals surface area contributed by atoms with Crippen molar-refractivity contribution in [1.29, 1.82) is 0 Å². The van der Waals surface area contributed by atoms with Gasteiger partial charge in [0.2, 0.25) is 17.7 Å². The van der Waals surface area contributed by atoms with Crippen LogP contribution >= 0.6 is 0 Å². The van der Waals surface area contributed by atoms with E-state index in [0.717, 1.165) is 5.56 Å². The highest BCUT2D eigenvalue weighted by molar-refractivity contribution is 7.92. The van der Waals surface area contributed by atoms with E-state index in [0.29, 0.717) is 58.0 Å². The number of imide groups is 1. The summed E-state index contributed by atoms with van der Waals surface area (Å²) < 4.78 is 91.3. The van der Waals surface area contributed by atoms with Gasteiger partial charge in [-0.2, -0.15) is 8.42 Å². The molecule has 4 aliphatic rings. The van der Waals surface area contributed by atoms with Gasteiger partial charge in [0, 0.05) is 44.8 Å². The first-order valence-electron chi connectivity index (χ1n) is 20.9. The molecule has 0 saturated carbocycles. The number of rotatable bonds is 10. The number of aromatic nitrogens is 2. The summed E-state index contributed by atoms with van der Waals surface area (Å²) in [6, 6.07) is 19.0. The number of nitrogens with one attached hydrogen (secondary N) is 2. The van der Waals surface area contributed by atoms with Crippen LogP contribution in [-0.4, -0.2) is 102 Å². The summed E-state index contributed by atoms with van der Waals surface area (Å²) in [5, 5.41) is 2.70. The average molecular weight is 904 g/mol. The van der Waals surface area contributed by atoms with Crippen molar-refractivity contribution in [3.05, 3.63) is 100 Å². The van der Waals surface area contributed by atoms with E-state index in [2.05, 4.69) is 5.32 Å². The number of likely N-dealkylation sites (tertiary alicyclic amines) is 2. The predicted octanol–water partition coefficient (Wildman–Crippen LogP) is 3.86. The summed E-state index contributed by atoms with van der Waals surface area (Å²) in [6.07, 6.45) is 0.748. The number of benzene rings is 4. The molecule has 4 aliphatic heterocycles. The van der Waals surface area contributed by atoms with Gasteiger partial charge in [-0.1, -0.05) is 42.5 Å². The van der Waals surface area contributed by atoms with E-state index in [1.165, 1.54) is 33.2 Å². The lowest BCUT2D eigenvalue weighted by Crippen LogP contribution is -2.52. The number of carbonyl (C=O) groups is 4. The monoisotopic (exact) mass is 903 g/mol. The highest BCUT2D eigenvalue weighted by Crippen LogP contribution is 2.43. The third-order valence-electron chi connectivity index (χ3n) is 12.5. The van der Waals surface area contributed by atoms with Crippen LogP contribution in [0, 0.1) is 5.82 Å². The number of imidazole rings is 1. The molecule has 336 valence electrons. The van der Waals surface area contributed by atoms with Crippen LogP contribution in [0.4, 0.5) is 18.9 Å². The Balaban J connectivity index is 0.827. The van der Waals surface area contributed by atoms with E-state index < -0.39 is 76.1 Å². The molecule has 5 aromatic rings. The lowest BCUT2D eigenvalue weighted by atomic mass is 9.86. The van der Waals surface area contributed by atoms with Crippen molar-refractivity contribution in [3.8, 4) is 11.5 Å². The van der Waals surface area contributed by atoms with Crippen LogP contribution in [0.3, 0.4) is 0 Å². The standard InChI is InChI=1S/C44H44F3N7O9S/c1-50-35-19-28(8-10-33(35)54(43(50)59)34-11-12-37(55)48-42(34)58)32-15-16-51(25-44(32,46)47)23-39(57)52-17-13-29(14-18-52)63-30-9-7-27-20-36(62-24-26-5-3-2-4-6-26)41(40(45)31(27)21-30)53-22-38(56)49-64(53,60)61/h2-10,19-21,29,32,34H,11-18,22-25H2,1H3,(H,49,56)(H,48,55,58). The predicted molar refractivity (Wildman–Crippen MR) is 227 cm³/mol. The fourth-order valence-electron chi connectivity index (χ4n) is 9.18. The second-order valence-corrected chi connectivity index (χ2v) is 18.3. The van der Waals surface area contributed by atoms with Crippen LogP contribution < -0.4 is 29.5 Å². The van der Waals surface area contributed by atoms with Gasteiger partial charge >= 0.3 is 15.9 Å². The Labute approximate surface area is 364 Å². The zero-order valence-corrected chi connectivity index (χ0v) is 35.4. The molecule has 2 N–H and O–H groups in total. The molecule has 0 radical (unpaired) electrons. The molecule has 4 amide bonds. The van der Waals surface area contributed by atoms with Crippen LogP contribution in [0.1, 0.15) is 55.2 Å². The quantitative estimate of drug-likeness (QED) is 0.196. The van der Waals surface area contributed by atoms with Gasteiger partial charge in [-0.3, -0.25) is 38.5 Å². The Hall–Kier alpha value is -6.41. The molecule has 0 bridgehead atoms. The van der Waals surface area contributed by atoms with Crippen molar-refractivity contribution in [3.63, 3.8) is 0 Å². The molecule has 2 atom stereocenters. The highest BCUT2D eigenvalue weighted by atomic mass is 32.2. The molecule has 0 aliphatic carbocycles. The number of piperidine rings is 3. The van der Waals surface area contributed by atoms with Crippen molar-refractivity contribution < 1.29 is 50.2 Å². The fraction of sp³-hybridized carbons (Fsp3) is 0.386. The van der Waals surface area contributed by atoms with Crippen LogP contribution in [-0.2, 0) is 43.0 Å². The molecule has 5 heterocycles. The number of fused-ring (bicyclic) bond motifs is 2. The second kappa shape index (κ2) is 16.6. The Morgan fingerprint density at radius 1 is 0.891 bits per heavy atom. The van der Waals surface area contributed by atoms with Gasteiger partial charge in [-0.05, 0) is 66.2 Å². The van der Waals surface area contributed by atoms with E-state index in [1.54, 1.807) is 59.5 Å². The van der Waals surface area contributed by atoms with Crippen LogP contribution in [0.2, 0.25) is 0 Å². The first-order chi connectivity index (χ1) is 30.6. The molecular weight excluding hydrogens is 860 g/mol. The summed E-state index contributed by atoms with van der Waals surface area (Å²) in [5.74, 6) is -7.19. The molecule has 4 fully saturated rings. The molecule has 1 aromatic heterocycles. The van der Waals surface area contributed by atoms with Crippen LogP contribution in [0.25, 0.3) is 21.8 Å². The number of amides is 4. The summed E-state index contributed by atoms with van der Waals surface area (Å²) >= 11 is 0. The summed E-state index contributed by atoms with van der Waals surface area (Å²) in [6.45, 7) is -0.629. The fourth-order valence-corrected chi connectivity index (χ4v) is 10.3. The largest absolute Gasteiger partial charge is 0.490 e. The molecule has 4 aromatic carbocycles. The van der Waals surface area contributed by atoms with Crippen molar-refractivity contribution in [2.45, 2.75) is 62.7 Å². The molecule has 64 heavy (non-hydrogen) atoms. The van der Waals surface area contributed by atoms with E-state index in [-0.39, 0.29) is 62.1 Å². The van der Waals surface area contributed by atoms with Gasteiger partial charge in [0.15, 0.2) is 5.82 Å². The maximum atomic E-state index is 16.5. The van der Waals surface area contributed by atoms with Crippen LogP contribution in [0.5, 0.6) is 11.5 Å². The molecule has 4 saturated heterocycles. The lowest BCUT2D eigenvalue weighted by Gasteiger charge is -2.39. The van der Waals surface area contributed by atoms with E-state index in [9.17, 15) is 32.4 Å². The number of halogens is 3. The highest BCUT2D eigenvalue weighted by Gasteiger charge is 2.46. The normalized spacial score (nSPS) is 21.6. The Morgan fingerprint density at radius 2 is 1.66 bits per heavy atom. The number of anilines is 1. The second-order valence-electron chi connectivity index (χ2n) is 16.7. The van der Waals surface area contributed by atoms with Crippen LogP contribution in [0.15, 0.2) is 77.6 Å². The summed E-state index contributed by atoms with van der Waals surface area (Å²) in [5.41, 5.74) is 0.980. The lowest BCUT2D eigenvalue weighted by molar-refractivity contribution is -0.138. The smallest absolute Gasteiger partial charge is 0.329 e. The zero-order chi connectivity index (χ0) is 45.1. The number of aryl methyl sites for hydroxylation is 1.